The monoisotopic (exact) mass is 337 g/mol. The van der Waals surface area contributed by atoms with Crippen LogP contribution in [0.25, 0.3) is 0 Å². The number of nitrogens with one attached hydrogen (secondary N) is 2. The fourth-order valence-corrected chi connectivity index (χ4v) is 2.16. The fraction of sp³-hybridized carbons (Fsp3) is 0.0714. The van der Waals surface area contributed by atoms with Gasteiger partial charge in [-0.2, -0.15) is 0 Å². The van der Waals surface area contributed by atoms with E-state index in [9.17, 15) is 9.18 Å². The van der Waals surface area contributed by atoms with Crippen LogP contribution in [0.15, 0.2) is 40.9 Å². The minimum absolute atomic E-state index is 0.0335. The number of carbonyl (C=O) groups is 1. The van der Waals surface area contributed by atoms with Crippen LogP contribution in [0.5, 0.6) is 0 Å². The van der Waals surface area contributed by atoms with Gasteiger partial charge in [-0.1, -0.05) is 18.2 Å². The number of hydrogen-bond acceptors (Lipinski definition) is 3. The second-order valence-electron chi connectivity index (χ2n) is 4.20. The molecule has 4 nitrogen and oxygen atoms in total. The lowest BCUT2D eigenvalue weighted by Crippen LogP contribution is -2.18. The Morgan fingerprint density at radius 1 is 1.25 bits per heavy atom. The van der Waals surface area contributed by atoms with Gasteiger partial charge in [-0.3, -0.25) is 10.6 Å². The van der Waals surface area contributed by atoms with Crippen LogP contribution in [0.4, 0.5) is 15.8 Å². The molecule has 2 aromatic carbocycles. The molecule has 2 rings (SSSR count). The summed E-state index contributed by atoms with van der Waals surface area (Å²) in [7, 11) is 0. The highest BCUT2D eigenvalue weighted by atomic mass is 79.9. The zero-order valence-corrected chi connectivity index (χ0v) is 12.3. The number of nitrogens with two attached hydrogens (primary N) is 1. The number of hydrogen-bond donors (Lipinski definition) is 3. The van der Waals surface area contributed by atoms with Gasteiger partial charge in [0.2, 0.25) is 0 Å². The van der Waals surface area contributed by atoms with E-state index in [1.807, 2.05) is 19.1 Å². The molecule has 1 amide bonds. The van der Waals surface area contributed by atoms with E-state index in [-0.39, 0.29) is 11.3 Å². The summed E-state index contributed by atoms with van der Waals surface area (Å²) >= 11 is 3.40. The molecule has 0 spiro atoms. The Labute approximate surface area is 124 Å². The maximum Gasteiger partial charge on any atom is 0.257 e. The third-order valence-electron chi connectivity index (χ3n) is 2.84. The SMILES string of the molecule is Cc1cccc(NC(=O)c2cccc(F)c2NN)c1Br. The largest absolute Gasteiger partial charge is 0.321 e. The second kappa shape index (κ2) is 6.02. The van der Waals surface area contributed by atoms with Crippen molar-refractivity contribution in [3.63, 3.8) is 0 Å². The minimum atomic E-state index is -0.580. The number of benzene rings is 2. The van der Waals surface area contributed by atoms with Gasteiger partial charge in [0, 0.05) is 4.47 Å². The third-order valence-corrected chi connectivity index (χ3v) is 3.90. The first-order valence-corrected chi connectivity index (χ1v) is 6.65. The van der Waals surface area contributed by atoms with Gasteiger partial charge in [0.1, 0.15) is 5.82 Å². The van der Waals surface area contributed by atoms with Crippen molar-refractivity contribution in [2.24, 2.45) is 5.84 Å². The Hall–Kier alpha value is -1.92. The number of para-hydroxylation sites is 1. The lowest BCUT2D eigenvalue weighted by Gasteiger charge is -2.12. The van der Waals surface area contributed by atoms with Crippen molar-refractivity contribution < 1.29 is 9.18 Å². The number of halogens is 2. The number of anilines is 2. The van der Waals surface area contributed by atoms with E-state index in [1.54, 1.807) is 6.07 Å². The summed E-state index contributed by atoms with van der Waals surface area (Å²) in [4.78, 5) is 12.2. The Morgan fingerprint density at radius 2 is 1.95 bits per heavy atom. The number of aryl methyl sites for hydroxylation is 1. The molecule has 0 aromatic heterocycles. The predicted octanol–water partition coefficient (Wildman–Crippen LogP) is 3.43. The highest BCUT2D eigenvalue weighted by molar-refractivity contribution is 9.10. The van der Waals surface area contributed by atoms with E-state index >= 15 is 0 Å². The molecule has 0 aliphatic heterocycles. The molecular formula is C14H13BrFN3O. The van der Waals surface area contributed by atoms with Gasteiger partial charge in [-0.05, 0) is 46.6 Å². The first kappa shape index (κ1) is 14.5. The topological polar surface area (TPSA) is 67.2 Å². The van der Waals surface area contributed by atoms with Gasteiger partial charge in [0.05, 0.1) is 16.9 Å². The second-order valence-corrected chi connectivity index (χ2v) is 4.99. The van der Waals surface area contributed by atoms with Crippen LogP contribution in [0.3, 0.4) is 0 Å². The lowest BCUT2D eigenvalue weighted by molar-refractivity contribution is 0.102. The van der Waals surface area contributed by atoms with Crippen LogP contribution >= 0.6 is 15.9 Å². The van der Waals surface area contributed by atoms with Crippen molar-refractivity contribution in [3.05, 3.63) is 57.8 Å². The van der Waals surface area contributed by atoms with Crippen LogP contribution in [-0.4, -0.2) is 5.91 Å². The first-order valence-electron chi connectivity index (χ1n) is 5.86. The summed E-state index contributed by atoms with van der Waals surface area (Å²) in [6, 6.07) is 9.67. The average Bonchev–Trinajstić information content (AvgIpc) is 2.43. The Bertz CT molecular complexity index is 661. The molecule has 0 saturated carbocycles. The van der Waals surface area contributed by atoms with Crippen LogP contribution in [0.2, 0.25) is 0 Å². The number of carbonyl (C=O) groups excluding carboxylic acids is 1. The van der Waals surface area contributed by atoms with E-state index in [0.717, 1.165) is 10.0 Å². The van der Waals surface area contributed by atoms with Gasteiger partial charge in [0.25, 0.3) is 5.91 Å². The van der Waals surface area contributed by atoms with Crippen molar-refractivity contribution in [3.8, 4) is 0 Å². The van der Waals surface area contributed by atoms with E-state index < -0.39 is 11.7 Å². The summed E-state index contributed by atoms with van der Waals surface area (Å²) in [6.45, 7) is 1.91. The molecule has 0 saturated heterocycles. The van der Waals surface area contributed by atoms with E-state index in [4.69, 9.17) is 5.84 Å². The molecule has 0 aliphatic rings. The van der Waals surface area contributed by atoms with Crippen molar-refractivity contribution in [2.75, 3.05) is 10.7 Å². The van der Waals surface area contributed by atoms with Crippen molar-refractivity contribution in [2.45, 2.75) is 6.92 Å². The fourth-order valence-electron chi connectivity index (χ4n) is 1.79. The van der Waals surface area contributed by atoms with Crippen LogP contribution in [0.1, 0.15) is 15.9 Å². The Balaban J connectivity index is 2.34. The highest BCUT2D eigenvalue weighted by Gasteiger charge is 2.15. The van der Waals surface area contributed by atoms with Crippen molar-refractivity contribution in [1.29, 1.82) is 0 Å². The minimum Gasteiger partial charge on any atom is -0.321 e. The average molecular weight is 338 g/mol. The van der Waals surface area contributed by atoms with Gasteiger partial charge >= 0.3 is 0 Å². The standard InChI is InChI=1S/C14H13BrFN3O/c1-8-4-2-7-11(12(8)15)18-14(20)9-5-3-6-10(16)13(9)19-17/h2-7,19H,17H2,1H3,(H,18,20). The summed E-state index contributed by atoms with van der Waals surface area (Å²) in [5.74, 6) is 4.24. The molecule has 0 atom stereocenters. The van der Waals surface area contributed by atoms with Crippen LogP contribution in [-0.2, 0) is 0 Å². The molecule has 6 heteroatoms. The maximum absolute atomic E-state index is 13.6. The normalized spacial score (nSPS) is 10.2. The Morgan fingerprint density at radius 3 is 2.65 bits per heavy atom. The van der Waals surface area contributed by atoms with Gasteiger partial charge < -0.3 is 10.7 Å². The van der Waals surface area contributed by atoms with Crippen molar-refractivity contribution in [1.82, 2.24) is 0 Å². The van der Waals surface area contributed by atoms with Gasteiger partial charge in [-0.15, -0.1) is 0 Å². The Kier molecular flexibility index (Phi) is 4.36. The zero-order valence-electron chi connectivity index (χ0n) is 10.7. The predicted molar refractivity (Wildman–Crippen MR) is 81.0 cm³/mol. The molecule has 0 bridgehead atoms. The molecule has 20 heavy (non-hydrogen) atoms. The molecule has 4 N–H and O–H groups in total. The summed E-state index contributed by atoms with van der Waals surface area (Å²) in [5.41, 5.74) is 3.91. The van der Waals surface area contributed by atoms with Gasteiger partial charge in [-0.25, -0.2) is 4.39 Å². The smallest absolute Gasteiger partial charge is 0.257 e. The van der Waals surface area contributed by atoms with Crippen LogP contribution < -0.4 is 16.6 Å². The molecular weight excluding hydrogens is 325 g/mol. The molecule has 0 aliphatic carbocycles. The molecule has 0 heterocycles. The number of rotatable bonds is 3. The number of amides is 1. The quantitative estimate of drug-likeness (QED) is 0.593. The lowest BCUT2D eigenvalue weighted by atomic mass is 10.1. The van der Waals surface area contributed by atoms with Gasteiger partial charge in [0.15, 0.2) is 0 Å². The van der Waals surface area contributed by atoms with E-state index in [2.05, 4.69) is 26.7 Å². The first-order chi connectivity index (χ1) is 9.54. The summed E-state index contributed by atoms with van der Waals surface area (Å²) < 4.78 is 14.3. The number of hydrazine groups is 1. The van der Waals surface area contributed by atoms with E-state index in [0.29, 0.717) is 5.69 Å². The summed E-state index contributed by atoms with van der Waals surface area (Å²) in [5, 5.41) is 2.72. The molecule has 0 fully saturated rings. The highest BCUT2D eigenvalue weighted by Crippen LogP contribution is 2.27. The molecule has 104 valence electrons. The third kappa shape index (κ3) is 2.81. The van der Waals surface area contributed by atoms with Crippen molar-refractivity contribution >= 4 is 33.2 Å². The summed E-state index contributed by atoms with van der Waals surface area (Å²) in [6.07, 6.45) is 0. The van der Waals surface area contributed by atoms with E-state index in [1.165, 1.54) is 18.2 Å². The molecule has 2 aromatic rings. The molecule has 0 radical (unpaired) electrons. The molecule has 0 unspecified atom stereocenters. The number of nitrogen functional groups attached to an aromatic ring is 1. The zero-order chi connectivity index (χ0) is 14.7. The maximum atomic E-state index is 13.6. The van der Waals surface area contributed by atoms with Crippen LogP contribution in [0, 0.1) is 12.7 Å².